The van der Waals surface area contributed by atoms with Crippen LogP contribution in [0.5, 0.6) is 0 Å². The van der Waals surface area contributed by atoms with E-state index < -0.39 is 0 Å². The van der Waals surface area contributed by atoms with Crippen LogP contribution >= 0.6 is 43.5 Å². The van der Waals surface area contributed by atoms with Crippen molar-refractivity contribution < 1.29 is 0 Å². The molecular weight excluding hydrogens is 415 g/mol. The molecule has 0 unspecified atom stereocenters. The van der Waals surface area contributed by atoms with E-state index in [1.54, 1.807) is 0 Å². The number of aromatic nitrogens is 2. The molecule has 2 nitrogen and oxygen atoms in total. The van der Waals surface area contributed by atoms with E-state index in [0.717, 1.165) is 37.9 Å². The van der Waals surface area contributed by atoms with Gasteiger partial charge in [0.25, 0.3) is 0 Å². The smallest absolute Gasteiger partial charge is 0.115 e. The molecule has 3 rings (SSSR count). The minimum Gasteiger partial charge on any atom is -0.295 e. The number of aryl methyl sites for hydroxylation is 2. The highest BCUT2D eigenvalue weighted by Crippen LogP contribution is 2.29. The highest BCUT2D eigenvalue weighted by atomic mass is 79.9. The first kappa shape index (κ1) is 15.1. The maximum atomic E-state index is 5.95. The van der Waals surface area contributed by atoms with Crippen molar-refractivity contribution in [3.63, 3.8) is 0 Å². The fourth-order valence-corrected chi connectivity index (χ4v) is 3.36. The Morgan fingerprint density at radius 3 is 2.71 bits per heavy atom. The number of hydrogen-bond acceptors (Lipinski definition) is 1. The summed E-state index contributed by atoms with van der Waals surface area (Å²) in [6.07, 6.45) is 0.730. The predicted octanol–water partition coefficient (Wildman–Crippen LogP) is 5.64. The first-order valence-corrected chi connectivity index (χ1v) is 8.71. The number of hydrogen-bond donors (Lipinski definition) is 0. The molecule has 0 bridgehead atoms. The lowest BCUT2D eigenvalue weighted by atomic mass is 10.2. The Morgan fingerprint density at radius 2 is 1.95 bits per heavy atom. The molecule has 0 amide bonds. The van der Waals surface area contributed by atoms with Gasteiger partial charge in [-0.15, -0.1) is 11.6 Å². The van der Waals surface area contributed by atoms with E-state index in [9.17, 15) is 0 Å². The summed E-state index contributed by atoms with van der Waals surface area (Å²) in [6, 6.07) is 12.5. The van der Waals surface area contributed by atoms with Crippen molar-refractivity contribution >= 4 is 54.5 Å². The van der Waals surface area contributed by atoms with Crippen LogP contribution in [-0.4, -0.2) is 15.4 Å². The quantitative estimate of drug-likeness (QED) is 0.494. The summed E-state index contributed by atoms with van der Waals surface area (Å²) >= 11 is 13.1. The van der Waals surface area contributed by atoms with Crippen molar-refractivity contribution in [1.82, 2.24) is 9.55 Å². The number of rotatable bonds is 3. The molecule has 3 aromatic rings. The number of imidazole rings is 1. The van der Waals surface area contributed by atoms with Crippen LogP contribution < -0.4 is 0 Å². The molecule has 0 spiro atoms. The van der Waals surface area contributed by atoms with E-state index in [1.165, 1.54) is 5.56 Å². The molecule has 21 heavy (non-hydrogen) atoms. The first-order valence-electron chi connectivity index (χ1n) is 6.59. The lowest BCUT2D eigenvalue weighted by Crippen LogP contribution is -2.03. The van der Waals surface area contributed by atoms with Crippen molar-refractivity contribution in [2.75, 3.05) is 5.88 Å². The zero-order valence-corrected chi connectivity index (χ0v) is 15.3. The van der Waals surface area contributed by atoms with E-state index in [4.69, 9.17) is 16.6 Å². The molecule has 108 valence electrons. The summed E-state index contributed by atoms with van der Waals surface area (Å²) < 4.78 is 4.26. The van der Waals surface area contributed by atoms with Crippen LogP contribution in [0.1, 0.15) is 11.4 Å². The number of fused-ring (bicyclic) bond motifs is 1. The van der Waals surface area contributed by atoms with Gasteiger partial charge in [-0.1, -0.05) is 22.0 Å². The minimum atomic E-state index is 0.550. The van der Waals surface area contributed by atoms with Crippen LogP contribution in [0.3, 0.4) is 0 Å². The zero-order valence-electron chi connectivity index (χ0n) is 11.4. The molecule has 0 fully saturated rings. The van der Waals surface area contributed by atoms with Crippen LogP contribution in [0.4, 0.5) is 0 Å². The van der Waals surface area contributed by atoms with Gasteiger partial charge in [-0.2, -0.15) is 0 Å². The third-order valence-electron chi connectivity index (χ3n) is 3.35. The summed E-state index contributed by atoms with van der Waals surface area (Å²) in [4.78, 5) is 4.74. The fourth-order valence-electron chi connectivity index (χ4n) is 2.42. The second-order valence-electron chi connectivity index (χ2n) is 4.89. The highest BCUT2D eigenvalue weighted by Gasteiger charge is 2.14. The molecule has 0 aliphatic heterocycles. The largest absolute Gasteiger partial charge is 0.295 e. The zero-order chi connectivity index (χ0) is 15.0. The second-order valence-corrected chi connectivity index (χ2v) is 7.04. The van der Waals surface area contributed by atoms with Crippen molar-refractivity contribution in [1.29, 1.82) is 0 Å². The molecule has 2 aromatic carbocycles. The van der Waals surface area contributed by atoms with Gasteiger partial charge in [-0.05, 0) is 58.7 Å². The van der Waals surface area contributed by atoms with E-state index in [2.05, 4.69) is 67.6 Å². The summed E-state index contributed by atoms with van der Waals surface area (Å²) in [5.41, 5.74) is 4.37. The maximum absolute atomic E-state index is 5.95. The van der Waals surface area contributed by atoms with Gasteiger partial charge in [-0.25, -0.2) is 4.98 Å². The average Bonchev–Trinajstić information content (AvgIpc) is 2.79. The van der Waals surface area contributed by atoms with Gasteiger partial charge in [0.1, 0.15) is 5.82 Å². The monoisotopic (exact) mass is 426 g/mol. The lowest BCUT2D eigenvalue weighted by molar-refractivity contribution is 0.908. The third-order valence-corrected chi connectivity index (χ3v) is 4.70. The Kier molecular flexibility index (Phi) is 4.38. The molecule has 0 saturated heterocycles. The summed E-state index contributed by atoms with van der Waals surface area (Å²) in [7, 11) is 0. The molecular formula is C16H13Br2ClN2. The molecule has 0 aliphatic carbocycles. The van der Waals surface area contributed by atoms with E-state index >= 15 is 0 Å². The topological polar surface area (TPSA) is 17.8 Å². The molecule has 1 heterocycles. The Bertz CT molecular complexity index is 811. The van der Waals surface area contributed by atoms with Gasteiger partial charge >= 0.3 is 0 Å². The lowest BCUT2D eigenvalue weighted by Gasteiger charge is -2.12. The van der Waals surface area contributed by atoms with E-state index in [0.29, 0.717) is 5.88 Å². The van der Waals surface area contributed by atoms with E-state index in [1.807, 2.05) is 12.1 Å². The molecule has 1 aromatic heterocycles. The molecule has 0 saturated carbocycles. The van der Waals surface area contributed by atoms with Gasteiger partial charge in [0.05, 0.1) is 16.7 Å². The molecule has 5 heteroatoms. The van der Waals surface area contributed by atoms with Crippen molar-refractivity contribution in [2.24, 2.45) is 0 Å². The average molecular weight is 429 g/mol. The maximum Gasteiger partial charge on any atom is 0.115 e. The van der Waals surface area contributed by atoms with Crippen molar-refractivity contribution in [3.8, 4) is 5.69 Å². The second kappa shape index (κ2) is 6.11. The molecule has 0 N–H and O–H groups in total. The van der Waals surface area contributed by atoms with Crippen LogP contribution in [-0.2, 0) is 6.42 Å². The minimum absolute atomic E-state index is 0.550. The fraction of sp³-hybridized carbons (Fsp3) is 0.188. The van der Waals surface area contributed by atoms with Gasteiger partial charge in [0.2, 0.25) is 0 Å². The van der Waals surface area contributed by atoms with Crippen LogP contribution in [0.2, 0.25) is 0 Å². The summed E-state index contributed by atoms with van der Waals surface area (Å²) in [5, 5.41) is 0. The SMILES string of the molecule is Cc1ccc(Br)c(-n2c(CCCl)nc3cc(Br)ccc32)c1. The molecule has 0 atom stereocenters. The van der Waals surface area contributed by atoms with Gasteiger partial charge in [0.15, 0.2) is 0 Å². The number of alkyl halides is 1. The van der Waals surface area contributed by atoms with Crippen LogP contribution in [0, 0.1) is 6.92 Å². The standard InChI is InChI=1S/C16H13Br2ClN2/c1-10-2-4-12(18)15(8-10)21-14-5-3-11(17)9-13(14)20-16(21)6-7-19/h2-5,8-9H,6-7H2,1H3. The van der Waals surface area contributed by atoms with Crippen LogP contribution in [0.25, 0.3) is 16.7 Å². The highest BCUT2D eigenvalue weighted by molar-refractivity contribution is 9.10. The Labute approximate surface area is 145 Å². The summed E-state index contributed by atoms with van der Waals surface area (Å²) in [5.74, 6) is 1.53. The van der Waals surface area contributed by atoms with Crippen molar-refractivity contribution in [3.05, 3.63) is 56.7 Å². The van der Waals surface area contributed by atoms with Gasteiger partial charge in [-0.3, -0.25) is 4.57 Å². The predicted molar refractivity (Wildman–Crippen MR) is 95.6 cm³/mol. The Balaban J connectivity index is 2.33. The molecule has 0 radical (unpaired) electrons. The number of halogens is 3. The third kappa shape index (κ3) is 2.89. The van der Waals surface area contributed by atoms with Crippen LogP contribution in [0.15, 0.2) is 45.3 Å². The molecule has 0 aliphatic rings. The Morgan fingerprint density at radius 1 is 1.14 bits per heavy atom. The van der Waals surface area contributed by atoms with Crippen molar-refractivity contribution in [2.45, 2.75) is 13.3 Å². The first-order chi connectivity index (χ1) is 10.1. The number of nitrogens with zero attached hydrogens (tertiary/aromatic N) is 2. The normalized spacial score (nSPS) is 11.2. The Hall–Kier alpha value is -0.840. The number of benzene rings is 2. The summed E-state index contributed by atoms with van der Waals surface area (Å²) in [6.45, 7) is 2.09. The van der Waals surface area contributed by atoms with E-state index in [-0.39, 0.29) is 0 Å². The van der Waals surface area contributed by atoms with Gasteiger partial charge < -0.3 is 0 Å². The van der Waals surface area contributed by atoms with Gasteiger partial charge in [0, 0.05) is 21.2 Å².